The first-order valence-electron chi connectivity index (χ1n) is 9.58. The number of hydrogen-bond acceptors (Lipinski definition) is 4. The molecule has 2 aromatic carbocycles. The van der Waals surface area contributed by atoms with Crippen molar-refractivity contribution in [2.24, 2.45) is 5.73 Å². The van der Waals surface area contributed by atoms with E-state index in [0.717, 1.165) is 5.56 Å². The molecule has 2 unspecified atom stereocenters. The first kappa shape index (κ1) is 20.5. The number of nitrogens with two attached hydrogens (primary N) is 1. The molecule has 5 N–H and O–H groups in total. The van der Waals surface area contributed by atoms with Crippen molar-refractivity contribution in [3.05, 3.63) is 70.8 Å². The van der Waals surface area contributed by atoms with Crippen LogP contribution in [0.1, 0.15) is 59.8 Å². The summed E-state index contributed by atoms with van der Waals surface area (Å²) < 4.78 is 0. The predicted molar refractivity (Wildman–Crippen MR) is 110 cm³/mol. The molecular formula is C22H26N4O3. The minimum absolute atomic E-state index is 0.254. The second-order valence-electron chi connectivity index (χ2n) is 7.75. The highest BCUT2D eigenvalue weighted by Gasteiger charge is 2.43. The average Bonchev–Trinajstić information content (AvgIpc) is 2.98. The van der Waals surface area contributed by atoms with Crippen molar-refractivity contribution in [2.45, 2.75) is 38.3 Å². The normalized spacial score (nSPS) is 19.6. The molecule has 0 aromatic heterocycles. The summed E-state index contributed by atoms with van der Waals surface area (Å²) in [6.07, 6.45) is 0. The van der Waals surface area contributed by atoms with Crippen molar-refractivity contribution in [1.82, 2.24) is 16.0 Å². The van der Waals surface area contributed by atoms with Crippen LogP contribution in [-0.4, -0.2) is 24.4 Å². The van der Waals surface area contributed by atoms with Crippen molar-refractivity contribution in [3.8, 4) is 0 Å². The molecule has 1 saturated heterocycles. The highest BCUT2D eigenvalue weighted by molar-refractivity contribution is 6.07. The van der Waals surface area contributed by atoms with Gasteiger partial charge in [0.2, 0.25) is 0 Å². The molecule has 1 heterocycles. The topological polar surface area (TPSA) is 113 Å². The summed E-state index contributed by atoms with van der Waals surface area (Å²) in [7, 11) is 0. The SMILES string of the molecule is CC(C)c1ccc(C(N)CNC(=O)c2ccc(C3(C)NC(=O)NC3=O)cc2)cc1. The summed E-state index contributed by atoms with van der Waals surface area (Å²) in [5, 5.41) is 7.65. The van der Waals surface area contributed by atoms with Crippen LogP contribution in [0.25, 0.3) is 0 Å². The van der Waals surface area contributed by atoms with Crippen LogP contribution >= 0.6 is 0 Å². The van der Waals surface area contributed by atoms with Crippen LogP contribution in [0.2, 0.25) is 0 Å². The van der Waals surface area contributed by atoms with Crippen LogP contribution in [0.4, 0.5) is 4.79 Å². The van der Waals surface area contributed by atoms with E-state index in [-0.39, 0.29) is 11.9 Å². The molecule has 3 rings (SSSR count). The Morgan fingerprint density at radius 2 is 1.62 bits per heavy atom. The van der Waals surface area contributed by atoms with E-state index in [2.05, 4.69) is 41.9 Å². The second kappa shape index (κ2) is 8.05. The molecule has 152 valence electrons. The molecule has 4 amide bonds. The molecule has 7 heteroatoms. The van der Waals surface area contributed by atoms with E-state index in [1.807, 2.05) is 12.1 Å². The molecule has 7 nitrogen and oxygen atoms in total. The van der Waals surface area contributed by atoms with E-state index < -0.39 is 17.5 Å². The van der Waals surface area contributed by atoms with E-state index >= 15 is 0 Å². The van der Waals surface area contributed by atoms with Gasteiger partial charge in [-0.1, -0.05) is 50.2 Å². The van der Waals surface area contributed by atoms with Crippen LogP contribution in [0.5, 0.6) is 0 Å². The lowest BCUT2D eigenvalue weighted by Gasteiger charge is -2.21. The van der Waals surface area contributed by atoms with Crippen LogP contribution in [0, 0.1) is 0 Å². The maximum absolute atomic E-state index is 12.4. The van der Waals surface area contributed by atoms with Crippen LogP contribution in [0.15, 0.2) is 48.5 Å². The van der Waals surface area contributed by atoms with Gasteiger partial charge in [0, 0.05) is 18.2 Å². The van der Waals surface area contributed by atoms with Crippen LogP contribution in [0.3, 0.4) is 0 Å². The number of carbonyl (C=O) groups is 3. The lowest BCUT2D eigenvalue weighted by atomic mass is 9.91. The van der Waals surface area contributed by atoms with Crippen LogP contribution in [-0.2, 0) is 10.3 Å². The molecular weight excluding hydrogens is 368 g/mol. The van der Waals surface area contributed by atoms with Crippen LogP contribution < -0.4 is 21.7 Å². The second-order valence-corrected chi connectivity index (χ2v) is 7.75. The van der Waals surface area contributed by atoms with Gasteiger partial charge in [0.15, 0.2) is 0 Å². The lowest BCUT2D eigenvalue weighted by molar-refractivity contribution is -0.123. The van der Waals surface area contributed by atoms with Gasteiger partial charge in [0.05, 0.1) is 0 Å². The highest BCUT2D eigenvalue weighted by Crippen LogP contribution is 2.24. The Morgan fingerprint density at radius 3 is 2.14 bits per heavy atom. The third kappa shape index (κ3) is 4.30. The third-order valence-electron chi connectivity index (χ3n) is 5.28. The zero-order valence-corrected chi connectivity index (χ0v) is 16.8. The minimum atomic E-state index is -1.14. The van der Waals surface area contributed by atoms with E-state index in [0.29, 0.717) is 23.6 Å². The van der Waals surface area contributed by atoms with Gasteiger partial charge in [-0.15, -0.1) is 0 Å². The summed E-state index contributed by atoms with van der Waals surface area (Å²) in [6, 6.07) is 13.8. The fourth-order valence-corrected chi connectivity index (χ4v) is 3.25. The van der Waals surface area contributed by atoms with E-state index in [4.69, 9.17) is 5.73 Å². The number of imide groups is 1. The predicted octanol–water partition coefficient (Wildman–Crippen LogP) is 2.29. The first-order chi connectivity index (χ1) is 13.7. The van der Waals surface area contributed by atoms with Gasteiger partial charge < -0.3 is 16.4 Å². The number of rotatable bonds is 6. The van der Waals surface area contributed by atoms with Gasteiger partial charge in [0.25, 0.3) is 11.8 Å². The Labute approximate surface area is 170 Å². The molecule has 0 radical (unpaired) electrons. The molecule has 0 saturated carbocycles. The average molecular weight is 394 g/mol. The van der Waals surface area contributed by atoms with Crippen molar-refractivity contribution in [3.63, 3.8) is 0 Å². The van der Waals surface area contributed by atoms with Gasteiger partial charge in [-0.25, -0.2) is 4.79 Å². The minimum Gasteiger partial charge on any atom is -0.350 e. The van der Waals surface area contributed by atoms with E-state index in [1.54, 1.807) is 31.2 Å². The molecule has 1 aliphatic heterocycles. The number of benzene rings is 2. The number of amides is 4. The number of nitrogens with one attached hydrogen (secondary N) is 3. The fraction of sp³-hybridized carbons (Fsp3) is 0.318. The van der Waals surface area contributed by atoms with Gasteiger partial charge in [-0.05, 0) is 41.7 Å². The maximum atomic E-state index is 12.4. The largest absolute Gasteiger partial charge is 0.350 e. The zero-order valence-electron chi connectivity index (χ0n) is 16.8. The smallest absolute Gasteiger partial charge is 0.322 e. The Kier molecular flexibility index (Phi) is 5.70. The molecule has 0 bridgehead atoms. The summed E-state index contributed by atoms with van der Waals surface area (Å²) in [6.45, 7) is 6.19. The fourth-order valence-electron chi connectivity index (χ4n) is 3.25. The molecule has 2 aromatic rings. The van der Waals surface area contributed by atoms with E-state index in [9.17, 15) is 14.4 Å². The van der Waals surface area contributed by atoms with E-state index in [1.165, 1.54) is 5.56 Å². The first-order valence-corrected chi connectivity index (χ1v) is 9.58. The summed E-state index contributed by atoms with van der Waals surface area (Å²) in [5.41, 5.74) is 8.30. The van der Waals surface area contributed by atoms with Gasteiger partial charge in [-0.2, -0.15) is 0 Å². The number of carbonyl (C=O) groups excluding carboxylic acids is 3. The maximum Gasteiger partial charge on any atom is 0.322 e. The Hall–Kier alpha value is -3.19. The quantitative estimate of drug-likeness (QED) is 0.563. The Bertz CT molecular complexity index is 922. The molecule has 29 heavy (non-hydrogen) atoms. The third-order valence-corrected chi connectivity index (χ3v) is 5.28. The molecule has 1 fully saturated rings. The highest BCUT2D eigenvalue weighted by atomic mass is 16.2. The molecule has 0 spiro atoms. The monoisotopic (exact) mass is 394 g/mol. The molecule has 0 aliphatic carbocycles. The van der Waals surface area contributed by atoms with Crippen molar-refractivity contribution >= 4 is 17.8 Å². The van der Waals surface area contributed by atoms with Gasteiger partial charge in [0.1, 0.15) is 5.54 Å². The number of hydrogen-bond donors (Lipinski definition) is 4. The van der Waals surface area contributed by atoms with Crippen molar-refractivity contribution < 1.29 is 14.4 Å². The lowest BCUT2D eigenvalue weighted by Crippen LogP contribution is -2.40. The number of urea groups is 1. The molecule has 2 atom stereocenters. The summed E-state index contributed by atoms with van der Waals surface area (Å²) >= 11 is 0. The summed E-state index contributed by atoms with van der Waals surface area (Å²) in [4.78, 5) is 35.9. The standard InChI is InChI=1S/C22H26N4O3/c1-13(2)14-4-6-15(7-5-14)18(23)12-24-19(27)16-8-10-17(11-9-16)22(3)20(28)25-21(29)26-22/h4-11,13,18H,12,23H2,1-3H3,(H,24,27)(H2,25,26,28,29). The zero-order chi connectivity index (χ0) is 21.2. The van der Waals surface area contributed by atoms with Crippen molar-refractivity contribution in [1.29, 1.82) is 0 Å². The van der Waals surface area contributed by atoms with Gasteiger partial charge >= 0.3 is 6.03 Å². The molecule has 1 aliphatic rings. The Morgan fingerprint density at radius 1 is 1.03 bits per heavy atom. The Balaban J connectivity index is 1.61. The van der Waals surface area contributed by atoms with Crippen molar-refractivity contribution in [2.75, 3.05) is 6.54 Å². The van der Waals surface area contributed by atoms with Gasteiger partial charge in [-0.3, -0.25) is 14.9 Å². The summed E-state index contributed by atoms with van der Waals surface area (Å²) in [5.74, 6) is -0.223.